The number of hydrogen-bond donors (Lipinski definition) is 1. The second kappa shape index (κ2) is 4.33. The van der Waals surface area contributed by atoms with Crippen molar-refractivity contribution in [3.05, 3.63) is 24.3 Å². The van der Waals surface area contributed by atoms with E-state index in [1.165, 1.54) is 6.42 Å². The van der Waals surface area contributed by atoms with Crippen molar-refractivity contribution in [3.8, 4) is 0 Å². The fourth-order valence-electron chi connectivity index (χ4n) is 2.15. The summed E-state index contributed by atoms with van der Waals surface area (Å²) in [4.78, 5) is 0.427. The Kier molecular flexibility index (Phi) is 3.17. The molecule has 1 N–H and O–H groups in total. The van der Waals surface area contributed by atoms with Crippen LogP contribution in [0.1, 0.15) is 33.1 Å². The Bertz CT molecular complexity index is 504. The van der Waals surface area contributed by atoms with Gasteiger partial charge in [0.1, 0.15) is 0 Å². The van der Waals surface area contributed by atoms with Crippen LogP contribution in [-0.4, -0.2) is 19.7 Å². The summed E-state index contributed by atoms with van der Waals surface area (Å²) in [5.41, 5.74) is 0.816. The number of anilines is 1. The summed E-state index contributed by atoms with van der Waals surface area (Å²) in [5.74, 6) is 0.141. The minimum absolute atomic E-state index is 0.0688. The van der Waals surface area contributed by atoms with Crippen molar-refractivity contribution in [2.75, 3.05) is 11.1 Å². The van der Waals surface area contributed by atoms with Crippen LogP contribution in [0.5, 0.6) is 0 Å². The third-order valence-corrected chi connectivity index (χ3v) is 5.28. The molecule has 4 heteroatoms. The van der Waals surface area contributed by atoms with Gasteiger partial charge in [-0.15, -0.1) is 0 Å². The summed E-state index contributed by atoms with van der Waals surface area (Å²) >= 11 is 0. The van der Waals surface area contributed by atoms with E-state index in [-0.39, 0.29) is 11.3 Å². The number of hydrogen-bond acceptors (Lipinski definition) is 3. The van der Waals surface area contributed by atoms with Crippen LogP contribution in [0, 0.1) is 0 Å². The van der Waals surface area contributed by atoms with Crippen molar-refractivity contribution in [1.29, 1.82) is 0 Å². The first kappa shape index (κ1) is 12.4. The van der Waals surface area contributed by atoms with Gasteiger partial charge < -0.3 is 5.32 Å². The van der Waals surface area contributed by atoms with E-state index in [1.807, 2.05) is 12.1 Å². The van der Waals surface area contributed by atoms with Gasteiger partial charge in [0.15, 0.2) is 9.84 Å². The third-order valence-electron chi connectivity index (χ3n) is 3.50. The summed E-state index contributed by atoms with van der Waals surface area (Å²) in [7, 11) is -3.15. The molecule has 2 rings (SSSR count). The Morgan fingerprint density at radius 3 is 2.47 bits per heavy atom. The minimum atomic E-state index is -3.15. The number of nitrogens with one attached hydrogen (secondary N) is 1. The highest BCUT2D eigenvalue weighted by molar-refractivity contribution is 7.91. The molecule has 0 radical (unpaired) electrons. The van der Waals surface area contributed by atoms with Gasteiger partial charge >= 0.3 is 0 Å². The van der Waals surface area contributed by atoms with E-state index in [4.69, 9.17) is 0 Å². The van der Waals surface area contributed by atoms with E-state index >= 15 is 0 Å². The first-order valence-corrected chi connectivity index (χ1v) is 7.72. The van der Waals surface area contributed by atoms with Gasteiger partial charge in [0.05, 0.1) is 16.3 Å². The monoisotopic (exact) mass is 253 g/mol. The first-order valence-electron chi connectivity index (χ1n) is 6.07. The average Bonchev–Trinajstić information content (AvgIpc) is 2.27. The number of rotatable bonds is 4. The normalized spacial score (nSPS) is 18.5. The molecule has 94 valence electrons. The Hall–Kier alpha value is -1.03. The Morgan fingerprint density at radius 1 is 1.29 bits per heavy atom. The second-order valence-electron chi connectivity index (χ2n) is 4.94. The Labute approximate surface area is 103 Å². The molecule has 1 saturated carbocycles. The van der Waals surface area contributed by atoms with Gasteiger partial charge in [-0.3, -0.25) is 0 Å². The van der Waals surface area contributed by atoms with Gasteiger partial charge in [-0.25, -0.2) is 8.42 Å². The molecule has 1 aromatic carbocycles. The maximum Gasteiger partial charge on any atom is 0.180 e. The molecule has 0 unspecified atom stereocenters. The van der Waals surface area contributed by atoms with Crippen molar-refractivity contribution in [2.24, 2.45) is 0 Å². The Balaban J connectivity index is 2.34. The topological polar surface area (TPSA) is 46.2 Å². The van der Waals surface area contributed by atoms with E-state index in [0.29, 0.717) is 4.90 Å². The molecule has 1 aliphatic carbocycles. The zero-order valence-corrected chi connectivity index (χ0v) is 11.2. The lowest BCUT2D eigenvalue weighted by molar-refractivity contribution is 0.306. The van der Waals surface area contributed by atoms with Crippen LogP contribution in [0.2, 0.25) is 0 Å². The van der Waals surface area contributed by atoms with Crippen molar-refractivity contribution in [2.45, 2.75) is 43.5 Å². The molecule has 1 aliphatic rings. The largest absolute Gasteiger partial charge is 0.379 e. The van der Waals surface area contributed by atoms with Crippen LogP contribution < -0.4 is 5.32 Å². The third kappa shape index (κ3) is 2.46. The van der Waals surface area contributed by atoms with E-state index in [1.54, 1.807) is 19.1 Å². The van der Waals surface area contributed by atoms with Crippen LogP contribution >= 0.6 is 0 Å². The molecule has 0 aromatic heterocycles. The second-order valence-corrected chi connectivity index (χ2v) is 7.19. The van der Waals surface area contributed by atoms with Gasteiger partial charge in [-0.1, -0.05) is 19.1 Å². The molecule has 0 saturated heterocycles. The van der Waals surface area contributed by atoms with Crippen LogP contribution in [0.3, 0.4) is 0 Å². The first-order chi connectivity index (χ1) is 7.97. The van der Waals surface area contributed by atoms with Crippen molar-refractivity contribution in [1.82, 2.24) is 0 Å². The summed E-state index contributed by atoms with van der Waals surface area (Å²) in [6, 6.07) is 7.19. The van der Waals surface area contributed by atoms with Crippen molar-refractivity contribution < 1.29 is 8.42 Å². The maximum atomic E-state index is 12.0. The molecule has 1 aromatic rings. The van der Waals surface area contributed by atoms with E-state index in [0.717, 1.165) is 18.5 Å². The predicted octanol–water partition coefficient (Wildman–Crippen LogP) is 2.83. The van der Waals surface area contributed by atoms with E-state index in [9.17, 15) is 8.42 Å². The lowest BCUT2D eigenvalue weighted by Crippen LogP contribution is -2.42. The quantitative estimate of drug-likeness (QED) is 0.897. The zero-order chi connectivity index (χ0) is 12.5. The highest BCUT2D eigenvalue weighted by Gasteiger charge is 2.32. The van der Waals surface area contributed by atoms with E-state index in [2.05, 4.69) is 12.2 Å². The SMILES string of the molecule is CCS(=O)(=O)c1ccccc1NC1(C)CCC1. The summed E-state index contributed by atoms with van der Waals surface area (Å²) in [6.07, 6.45) is 3.42. The lowest BCUT2D eigenvalue weighted by atomic mass is 9.78. The molecule has 0 amide bonds. The Morgan fingerprint density at radius 2 is 1.94 bits per heavy atom. The lowest BCUT2D eigenvalue weighted by Gasteiger charge is -2.40. The molecular weight excluding hydrogens is 234 g/mol. The average molecular weight is 253 g/mol. The highest BCUT2D eigenvalue weighted by atomic mass is 32.2. The molecule has 0 aliphatic heterocycles. The molecule has 0 heterocycles. The van der Waals surface area contributed by atoms with Crippen LogP contribution in [0.4, 0.5) is 5.69 Å². The van der Waals surface area contributed by atoms with Crippen LogP contribution in [0.15, 0.2) is 29.2 Å². The zero-order valence-electron chi connectivity index (χ0n) is 10.4. The predicted molar refractivity (Wildman–Crippen MR) is 70.0 cm³/mol. The van der Waals surface area contributed by atoms with E-state index < -0.39 is 9.84 Å². The standard InChI is InChI=1S/C13H19NO2S/c1-3-17(15,16)12-8-5-4-7-11(12)14-13(2)9-6-10-13/h4-5,7-8,14H,3,6,9-10H2,1-2H3. The minimum Gasteiger partial charge on any atom is -0.379 e. The van der Waals surface area contributed by atoms with Gasteiger partial charge in [0, 0.05) is 5.54 Å². The van der Waals surface area contributed by atoms with Gasteiger partial charge in [0.2, 0.25) is 0 Å². The number of benzene rings is 1. The summed E-state index contributed by atoms with van der Waals surface area (Å²) in [6.45, 7) is 3.82. The highest BCUT2D eigenvalue weighted by Crippen LogP contribution is 2.36. The smallest absolute Gasteiger partial charge is 0.180 e. The van der Waals surface area contributed by atoms with Gasteiger partial charge in [0.25, 0.3) is 0 Å². The fraction of sp³-hybridized carbons (Fsp3) is 0.538. The van der Waals surface area contributed by atoms with Gasteiger partial charge in [-0.2, -0.15) is 0 Å². The number of sulfone groups is 1. The van der Waals surface area contributed by atoms with Crippen molar-refractivity contribution >= 4 is 15.5 Å². The summed E-state index contributed by atoms with van der Waals surface area (Å²) < 4.78 is 23.9. The molecule has 0 atom stereocenters. The molecule has 0 spiro atoms. The molecular formula is C13H19NO2S. The van der Waals surface area contributed by atoms with Crippen LogP contribution in [0.25, 0.3) is 0 Å². The van der Waals surface area contributed by atoms with Gasteiger partial charge in [-0.05, 0) is 38.3 Å². The molecule has 1 fully saturated rings. The maximum absolute atomic E-state index is 12.0. The molecule has 0 bridgehead atoms. The molecule has 3 nitrogen and oxygen atoms in total. The number of para-hydroxylation sites is 1. The van der Waals surface area contributed by atoms with Crippen LogP contribution in [-0.2, 0) is 9.84 Å². The summed E-state index contributed by atoms with van der Waals surface area (Å²) in [5, 5.41) is 3.38. The fourth-order valence-corrected chi connectivity index (χ4v) is 3.20. The van der Waals surface area contributed by atoms with Crippen molar-refractivity contribution in [3.63, 3.8) is 0 Å². The molecule has 17 heavy (non-hydrogen) atoms.